The molecule has 1 rings (SSSR count). The Balaban J connectivity index is 2.55. The molecule has 0 aromatic rings. The van der Waals surface area contributed by atoms with E-state index in [2.05, 4.69) is 10.1 Å². The third kappa shape index (κ3) is 4.72. The minimum Gasteiger partial charge on any atom is -0.465 e. The number of halogens is 3. The van der Waals surface area contributed by atoms with Crippen molar-refractivity contribution in [1.29, 1.82) is 0 Å². The van der Waals surface area contributed by atoms with Gasteiger partial charge < -0.3 is 10.1 Å². The van der Waals surface area contributed by atoms with Gasteiger partial charge >= 0.3 is 12.1 Å². The van der Waals surface area contributed by atoms with Crippen LogP contribution in [0, 0.1) is 11.8 Å². The Morgan fingerprint density at radius 3 is 2.47 bits per heavy atom. The number of ether oxygens (including phenoxy) is 1. The van der Waals surface area contributed by atoms with Crippen LogP contribution >= 0.6 is 0 Å². The summed E-state index contributed by atoms with van der Waals surface area (Å²) in [5.41, 5.74) is 0. The molecule has 1 aliphatic rings. The highest BCUT2D eigenvalue weighted by atomic mass is 19.4. The smallest absolute Gasteiger partial charge is 0.392 e. The molecule has 1 saturated carbocycles. The zero-order valence-electron chi connectivity index (χ0n) is 10.8. The zero-order chi connectivity index (χ0) is 14.5. The summed E-state index contributed by atoms with van der Waals surface area (Å²) in [6.45, 7) is 1.40. The minimum absolute atomic E-state index is 0.0268. The molecular weight excluding hydrogens is 263 g/mol. The molecule has 4 nitrogen and oxygen atoms in total. The van der Waals surface area contributed by atoms with E-state index in [9.17, 15) is 22.8 Å². The molecule has 1 aliphatic carbocycles. The molecule has 0 saturated heterocycles. The average Bonchev–Trinajstić information content (AvgIpc) is 2.35. The Kier molecular flexibility index (Phi) is 5.62. The fourth-order valence-corrected chi connectivity index (χ4v) is 2.34. The first-order valence-electron chi connectivity index (χ1n) is 6.36. The number of alkyl halides is 3. The normalized spacial score (nSPS) is 23.8. The Labute approximate surface area is 109 Å². The first-order chi connectivity index (χ1) is 8.86. The molecule has 0 bridgehead atoms. The van der Waals surface area contributed by atoms with Crippen molar-refractivity contribution in [3.63, 3.8) is 0 Å². The summed E-state index contributed by atoms with van der Waals surface area (Å²) in [5.74, 6) is -4.06. The number of amides is 1. The Hall–Kier alpha value is -1.27. The van der Waals surface area contributed by atoms with Gasteiger partial charge in [0.1, 0.15) is 6.54 Å². The maximum absolute atomic E-state index is 12.8. The van der Waals surface area contributed by atoms with Crippen LogP contribution in [0.3, 0.4) is 0 Å². The number of nitrogens with one attached hydrogen (secondary N) is 1. The quantitative estimate of drug-likeness (QED) is 0.802. The van der Waals surface area contributed by atoms with Crippen LogP contribution in [0.4, 0.5) is 13.2 Å². The van der Waals surface area contributed by atoms with E-state index >= 15 is 0 Å². The van der Waals surface area contributed by atoms with Crippen LogP contribution in [0.15, 0.2) is 0 Å². The van der Waals surface area contributed by atoms with Crippen molar-refractivity contribution < 1.29 is 27.5 Å². The van der Waals surface area contributed by atoms with Crippen molar-refractivity contribution in [1.82, 2.24) is 5.32 Å². The van der Waals surface area contributed by atoms with Crippen LogP contribution in [0.1, 0.15) is 32.6 Å². The van der Waals surface area contributed by atoms with Gasteiger partial charge in [-0.1, -0.05) is 12.8 Å². The number of esters is 1. The lowest BCUT2D eigenvalue weighted by atomic mass is 9.78. The second-order valence-corrected chi connectivity index (χ2v) is 4.56. The predicted octanol–water partition coefficient (Wildman–Crippen LogP) is 2.03. The topological polar surface area (TPSA) is 55.4 Å². The van der Waals surface area contributed by atoms with E-state index in [1.54, 1.807) is 6.92 Å². The Bertz CT molecular complexity index is 331. The van der Waals surface area contributed by atoms with Crippen LogP contribution in [0.5, 0.6) is 0 Å². The lowest BCUT2D eigenvalue weighted by Crippen LogP contribution is -2.44. The second kappa shape index (κ2) is 6.77. The lowest BCUT2D eigenvalue weighted by molar-refractivity contribution is -0.198. The summed E-state index contributed by atoms with van der Waals surface area (Å²) >= 11 is 0. The fourth-order valence-electron chi connectivity index (χ4n) is 2.34. The molecule has 2 unspecified atom stereocenters. The highest BCUT2D eigenvalue weighted by Gasteiger charge is 2.47. The molecule has 0 spiro atoms. The predicted molar refractivity (Wildman–Crippen MR) is 61.1 cm³/mol. The number of hydrogen-bond donors (Lipinski definition) is 1. The van der Waals surface area contributed by atoms with E-state index in [0.29, 0.717) is 12.8 Å². The van der Waals surface area contributed by atoms with Crippen molar-refractivity contribution in [2.75, 3.05) is 13.2 Å². The van der Waals surface area contributed by atoms with Gasteiger partial charge in [-0.15, -0.1) is 0 Å². The fraction of sp³-hybridized carbons (Fsp3) is 0.833. The summed E-state index contributed by atoms with van der Waals surface area (Å²) in [5, 5.41) is 2.23. The van der Waals surface area contributed by atoms with Gasteiger partial charge in [0.2, 0.25) is 5.91 Å². The van der Waals surface area contributed by atoms with Crippen molar-refractivity contribution in [3.8, 4) is 0 Å². The van der Waals surface area contributed by atoms with E-state index in [4.69, 9.17) is 0 Å². The summed E-state index contributed by atoms with van der Waals surface area (Å²) in [4.78, 5) is 22.8. The van der Waals surface area contributed by atoms with E-state index in [1.807, 2.05) is 0 Å². The lowest BCUT2D eigenvalue weighted by Gasteiger charge is -2.31. The van der Waals surface area contributed by atoms with Gasteiger partial charge in [0, 0.05) is 5.92 Å². The van der Waals surface area contributed by atoms with E-state index < -0.39 is 29.9 Å². The number of carbonyl (C=O) groups is 2. The van der Waals surface area contributed by atoms with Crippen molar-refractivity contribution in [3.05, 3.63) is 0 Å². The monoisotopic (exact) mass is 281 g/mol. The molecule has 1 amide bonds. The molecule has 0 aromatic heterocycles. The maximum Gasteiger partial charge on any atom is 0.392 e. The van der Waals surface area contributed by atoms with Gasteiger partial charge in [-0.25, -0.2) is 0 Å². The third-order valence-electron chi connectivity index (χ3n) is 3.24. The van der Waals surface area contributed by atoms with E-state index in [-0.39, 0.29) is 26.0 Å². The molecular formula is C12H18F3NO3. The minimum atomic E-state index is -4.37. The average molecular weight is 281 g/mol. The van der Waals surface area contributed by atoms with Gasteiger partial charge in [-0.3, -0.25) is 9.59 Å². The maximum atomic E-state index is 12.8. The molecule has 0 radical (unpaired) electrons. The largest absolute Gasteiger partial charge is 0.465 e. The van der Waals surface area contributed by atoms with Crippen LogP contribution in [0.2, 0.25) is 0 Å². The number of hydrogen-bond acceptors (Lipinski definition) is 3. The van der Waals surface area contributed by atoms with Crippen molar-refractivity contribution >= 4 is 11.9 Å². The SMILES string of the molecule is CCOC(=O)CNC(=O)C1CCCCC1C(F)(F)F. The molecule has 0 aliphatic heterocycles. The highest BCUT2D eigenvalue weighted by molar-refractivity contribution is 5.83. The summed E-state index contributed by atoms with van der Waals surface area (Å²) in [6, 6.07) is 0. The highest BCUT2D eigenvalue weighted by Crippen LogP contribution is 2.41. The third-order valence-corrected chi connectivity index (χ3v) is 3.24. The summed E-state index contributed by atoms with van der Waals surface area (Å²) in [7, 11) is 0. The Morgan fingerprint density at radius 2 is 1.89 bits per heavy atom. The molecule has 0 aromatic carbocycles. The number of rotatable bonds is 4. The van der Waals surface area contributed by atoms with Crippen LogP contribution < -0.4 is 5.32 Å². The van der Waals surface area contributed by atoms with Crippen LogP contribution in [-0.4, -0.2) is 31.2 Å². The molecule has 0 heterocycles. The molecule has 2 atom stereocenters. The molecule has 110 valence electrons. The standard InChI is InChI=1S/C12H18F3NO3/c1-2-19-10(17)7-16-11(18)8-5-3-4-6-9(8)12(13,14)15/h8-9H,2-7H2,1H3,(H,16,18). The van der Waals surface area contributed by atoms with Gasteiger partial charge in [0.25, 0.3) is 0 Å². The van der Waals surface area contributed by atoms with Crippen molar-refractivity contribution in [2.45, 2.75) is 38.8 Å². The summed E-state index contributed by atoms with van der Waals surface area (Å²) < 4.78 is 43.0. The van der Waals surface area contributed by atoms with Gasteiger partial charge in [0.15, 0.2) is 0 Å². The molecule has 7 heteroatoms. The first kappa shape index (κ1) is 15.8. The summed E-state index contributed by atoms with van der Waals surface area (Å²) in [6.07, 6.45) is -3.11. The molecule has 1 fully saturated rings. The van der Waals surface area contributed by atoms with Gasteiger partial charge in [0.05, 0.1) is 12.5 Å². The number of carbonyl (C=O) groups excluding carboxylic acids is 2. The van der Waals surface area contributed by atoms with Crippen molar-refractivity contribution in [2.24, 2.45) is 11.8 Å². The second-order valence-electron chi connectivity index (χ2n) is 4.56. The first-order valence-corrected chi connectivity index (χ1v) is 6.36. The van der Waals surface area contributed by atoms with E-state index in [0.717, 1.165) is 0 Å². The molecule has 19 heavy (non-hydrogen) atoms. The van der Waals surface area contributed by atoms with Crippen LogP contribution in [-0.2, 0) is 14.3 Å². The zero-order valence-corrected chi connectivity index (χ0v) is 10.8. The Morgan fingerprint density at radius 1 is 1.26 bits per heavy atom. The van der Waals surface area contributed by atoms with Gasteiger partial charge in [-0.2, -0.15) is 13.2 Å². The van der Waals surface area contributed by atoms with E-state index in [1.165, 1.54) is 0 Å². The molecule has 1 N–H and O–H groups in total. The van der Waals surface area contributed by atoms with Gasteiger partial charge in [-0.05, 0) is 19.8 Å². The van der Waals surface area contributed by atoms with Crippen LogP contribution in [0.25, 0.3) is 0 Å².